The number of ether oxygens (including phenoxy) is 2. The van der Waals surface area contributed by atoms with Gasteiger partial charge in [-0.3, -0.25) is 9.59 Å². The first-order valence-corrected chi connectivity index (χ1v) is 4.58. The number of hydrogen-bond donors (Lipinski definition) is 1. The molecule has 0 aromatic rings. The summed E-state index contributed by atoms with van der Waals surface area (Å²) in [5, 5.41) is 2.96. The lowest BCUT2D eigenvalue weighted by molar-refractivity contribution is -0.149. The van der Waals surface area contributed by atoms with E-state index in [-0.39, 0.29) is 23.9 Å². The molecule has 1 aliphatic heterocycles. The number of hydrogen-bond acceptors (Lipinski definition) is 5. The Morgan fingerprint density at radius 2 is 1.79 bits per heavy atom. The van der Waals surface area contributed by atoms with Gasteiger partial charge in [0.2, 0.25) is 0 Å². The van der Waals surface area contributed by atoms with Crippen molar-refractivity contribution in [1.29, 1.82) is 0 Å². The van der Waals surface area contributed by atoms with Crippen molar-refractivity contribution < 1.29 is 19.1 Å². The molecule has 1 rings (SSSR count). The molecule has 0 aliphatic carbocycles. The molecule has 0 bridgehead atoms. The molecule has 5 nitrogen and oxygen atoms in total. The Balaban J connectivity index is 2.38. The monoisotopic (exact) mass is 201 g/mol. The molecule has 0 unspecified atom stereocenters. The topological polar surface area (TPSA) is 64.6 Å². The van der Waals surface area contributed by atoms with Crippen LogP contribution in [0, 0.1) is 5.92 Å². The second-order valence-electron chi connectivity index (χ2n) is 3.28. The summed E-state index contributed by atoms with van der Waals surface area (Å²) < 4.78 is 9.21. The minimum Gasteiger partial charge on any atom is -0.469 e. The predicted octanol–water partition coefficient (Wildman–Crippen LogP) is -0.299. The van der Waals surface area contributed by atoms with Crippen molar-refractivity contribution >= 4 is 11.9 Å². The van der Waals surface area contributed by atoms with Crippen LogP contribution in [0.4, 0.5) is 0 Å². The zero-order valence-electron chi connectivity index (χ0n) is 8.41. The van der Waals surface area contributed by atoms with Gasteiger partial charge in [-0.2, -0.15) is 0 Å². The van der Waals surface area contributed by atoms with E-state index in [1.54, 1.807) is 0 Å². The quantitative estimate of drug-likeness (QED) is 0.621. The van der Waals surface area contributed by atoms with Crippen LogP contribution < -0.4 is 5.32 Å². The molecule has 1 N–H and O–H groups in total. The molecule has 1 aliphatic rings. The third kappa shape index (κ3) is 2.45. The number of esters is 2. The molecular formula is C9H15NO4. The average Bonchev–Trinajstić information content (AvgIpc) is 2.27. The van der Waals surface area contributed by atoms with Crippen LogP contribution in [0.25, 0.3) is 0 Å². The van der Waals surface area contributed by atoms with E-state index >= 15 is 0 Å². The first-order chi connectivity index (χ1) is 6.69. The Morgan fingerprint density at radius 3 is 2.21 bits per heavy atom. The van der Waals surface area contributed by atoms with Crippen molar-refractivity contribution in [2.75, 3.05) is 20.8 Å². The van der Waals surface area contributed by atoms with Gasteiger partial charge in [-0.15, -0.1) is 0 Å². The zero-order chi connectivity index (χ0) is 10.6. The fraction of sp³-hybridized carbons (Fsp3) is 0.778. The minimum absolute atomic E-state index is 0.138. The first-order valence-electron chi connectivity index (χ1n) is 4.58. The third-order valence-corrected chi connectivity index (χ3v) is 2.43. The third-order valence-electron chi connectivity index (χ3n) is 2.43. The number of nitrogens with one attached hydrogen (secondary N) is 1. The average molecular weight is 201 g/mol. The van der Waals surface area contributed by atoms with Gasteiger partial charge in [-0.05, 0) is 12.8 Å². The number of piperidine rings is 1. The first kappa shape index (κ1) is 11.0. The van der Waals surface area contributed by atoms with Crippen LogP contribution >= 0.6 is 0 Å². The van der Waals surface area contributed by atoms with E-state index in [1.165, 1.54) is 14.2 Å². The highest BCUT2D eigenvalue weighted by molar-refractivity contribution is 5.77. The fourth-order valence-corrected chi connectivity index (χ4v) is 1.57. The molecule has 0 saturated carbocycles. The molecule has 0 spiro atoms. The van der Waals surface area contributed by atoms with Crippen molar-refractivity contribution in [3.8, 4) is 0 Å². The number of carbonyl (C=O) groups excluding carboxylic acids is 2. The lowest BCUT2D eigenvalue weighted by Crippen LogP contribution is -2.46. The van der Waals surface area contributed by atoms with Gasteiger partial charge in [0.1, 0.15) is 6.04 Å². The van der Waals surface area contributed by atoms with Gasteiger partial charge in [-0.25, -0.2) is 0 Å². The van der Waals surface area contributed by atoms with Gasteiger partial charge in [0.15, 0.2) is 0 Å². The summed E-state index contributed by atoms with van der Waals surface area (Å²) in [5.74, 6) is -0.630. The summed E-state index contributed by atoms with van der Waals surface area (Å²) in [5.41, 5.74) is 0. The van der Waals surface area contributed by atoms with Gasteiger partial charge < -0.3 is 14.8 Å². The van der Waals surface area contributed by atoms with Crippen LogP contribution in [-0.2, 0) is 19.1 Å². The molecule has 1 heterocycles. The molecule has 0 aromatic carbocycles. The summed E-state index contributed by atoms with van der Waals surface area (Å²) in [4.78, 5) is 22.2. The van der Waals surface area contributed by atoms with Gasteiger partial charge in [0, 0.05) is 6.54 Å². The lowest BCUT2D eigenvalue weighted by atomic mass is 9.95. The molecule has 0 radical (unpaired) electrons. The molecule has 14 heavy (non-hydrogen) atoms. The number of rotatable bonds is 2. The zero-order valence-corrected chi connectivity index (χ0v) is 8.41. The summed E-state index contributed by atoms with van der Waals surface area (Å²) in [6.45, 7) is 0.479. The second kappa shape index (κ2) is 4.95. The SMILES string of the molecule is COC(=O)[C@H]1CC[C@H](C(=O)OC)NC1. The highest BCUT2D eigenvalue weighted by Crippen LogP contribution is 2.16. The van der Waals surface area contributed by atoms with Crippen LogP contribution in [0.2, 0.25) is 0 Å². The van der Waals surface area contributed by atoms with Crippen LogP contribution in [-0.4, -0.2) is 38.7 Å². The number of carbonyl (C=O) groups is 2. The summed E-state index contributed by atoms with van der Waals surface area (Å²) in [6.07, 6.45) is 1.28. The second-order valence-corrected chi connectivity index (χ2v) is 3.28. The van der Waals surface area contributed by atoms with Gasteiger partial charge in [-0.1, -0.05) is 0 Å². The maximum Gasteiger partial charge on any atom is 0.322 e. The van der Waals surface area contributed by atoms with E-state index in [1.807, 2.05) is 0 Å². The Hall–Kier alpha value is -1.10. The van der Waals surface area contributed by atoms with Crippen molar-refractivity contribution in [1.82, 2.24) is 5.32 Å². The maximum absolute atomic E-state index is 11.1. The number of methoxy groups -OCH3 is 2. The van der Waals surface area contributed by atoms with Crippen molar-refractivity contribution in [3.05, 3.63) is 0 Å². The molecular weight excluding hydrogens is 186 g/mol. The molecule has 0 aromatic heterocycles. The van der Waals surface area contributed by atoms with Crippen molar-refractivity contribution in [2.24, 2.45) is 5.92 Å². The molecule has 5 heteroatoms. The van der Waals surface area contributed by atoms with E-state index < -0.39 is 0 Å². The smallest absolute Gasteiger partial charge is 0.322 e. The van der Waals surface area contributed by atoms with E-state index in [0.29, 0.717) is 19.4 Å². The molecule has 1 saturated heterocycles. The minimum atomic E-state index is -0.277. The maximum atomic E-state index is 11.1. The van der Waals surface area contributed by atoms with Crippen molar-refractivity contribution in [2.45, 2.75) is 18.9 Å². The Kier molecular flexibility index (Phi) is 3.88. The fourth-order valence-electron chi connectivity index (χ4n) is 1.57. The van der Waals surface area contributed by atoms with Gasteiger partial charge in [0.05, 0.1) is 20.1 Å². The predicted molar refractivity (Wildman–Crippen MR) is 48.5 cm³/mol. The van der Waals surface area contributed by atoms with E-state index in [0.717, 1.165) is 0 Å². The Morgan fingerprint density at radius 1 is 1.14 bits per heavy atom. The molecule has 0 amide bonds. The Labute approximate surface area is 82.8 Å². The van der Waals surface area contributed by atoms with Crippen LogP contribution in [0.15, 0.2) is 0 Å². The standard InChI is InChI=1S/C9H15NO4/c1-13-8(11)6-3-4-7(10-5-6)9(12)14-2/h6-7,10H,3-5H2,1-2H3/t6-,7+/m0/s1. The van der Waals surface area contributed by atoms with Crippen molar-refractivity contribution in [3.63, 3.8) is 0 Å². The molecule has 2 atom stereocenters. The molecule has 1 fully saturated rings. The lowest BCUT2D eigenvalue weighted by Gasteiger charge is -2.26. The largest absolute Gasteiger partial charge is 0.469 e. The summed E-state index contributed by atoms with van der Waals surface area (Å²) >= 11 is 0. The highest BCUT2D eigenvalue weighted by atomic mass is 16.5. The molecule has 80 valence electrons. The van der Waals surface area contributed by atoms with Crippen LogP contribution in [0.1, 0.15) is 12.8 Å². The van der Waals surface area contributed by atoms with E-state index in [4.69, 9.17) is 0 Å². The Bertz CT molecular complexity index is 197. The van der Waals surface area contributed by atoms with Crippen LogP contribution in [0.3, 0.4) is 0 Å². The normalized spacial score (nSPS) is 26.7. The van der Waals surface area contributed by atoms with Gasteiger partial charge in [0.25, 0.3) is 0 Å². The summed E-state index contributed by atoms with van der Waals surface area (Å²) in [7, 11) is 2.73. The van der Waals surface area contributed by atoms with Crippen LogP contribution in [0.5, 0.6) is 0 Å². The van der Waals surface area contributed by atoms with E-state index in [2.05, 4.69) is 14.8 Å². The van der Waals surface area contributed by atoms with Gasteiger partial charge >= 0.3 is 11.9 Å². The highest BCUT2D eigenvalue weighted by Gasteiger charge is 2.30. The van der Waals surface area contributed by atoms with E-state index in [9.17, 15) is 9.59 Å². The summed E-state index contributed by atoms with van der Waals surface area (Å²) in [6, 6.07) is -0.277.